The Balaban J connectivity index is 2.17. The Kier molecular flexibility index (Phi) is 3.44. The highest BCUT2D eigenvalue weighted by Gasteiger charge is 2.17. The number of morpholine rings is 1. The van der Waals surface area contributed by atoms with E-state index in [1.807, 2.05) is 0 Å². The normalized spacial score (nSPS) is 17.5. The van der Waals surface area contributed by atoms with E-state index in [9.17, 15) is 9.59 Å². The topological polar surface area (TPSA) is 55.4 Å². The van der Waals surface area contributed by atoms with Crippen LogP contribution in [0.3, 0.4) is 0 Å². The minimum Gasteiger partial charge on any atom is -0.459 e. The third-order valence-corrected chi connectivity index (χ3v) is 2.53. The predicted molar refractivity (Wildman–Crippen MR) is 62.8 cm³/mol. The van der Waals surface area contributed by atoms with Crippen LogP contribution in [0.15, 0.2) is 36.0 Å². The van der Waals surface area contributed by atoms with Crippen molar-refractivity contribution in [1.29, 1.82) is 0 Å². The average molecular weight is 252 g/mol. The lowest BCUT2D eigenvalue weighted by molar-refractivity contribution is -0.141. The minimum absolute atomic E-state index is 0.191. The van der Waals surface area contributed by atoms with Gasteiger partial charge in [-0.2, -0.15) is 0 Å². The molecule has 0 saturated carbocycles. The molecule has 1 saturated heterocycles. The maximum atomic E-state index is 11.8. The lowest BCUT2D eigenvalue weighted by atomic mass is 10.1. The van der Waals surface area contributed by atoms with E-state index < -0.39 is 5.97 Å². The van der Waals surface area contributed by atoms with Crippen LogP contribution in [-0.2, 0) is 9.53 Å². The molecular weight excluding hydrogens is 242 g/mol. The van der Waals surface area contributed by atoms with Crippen molar-refractivity contribution in [2.75, 3.05) is 13.2 Å². The molecule has 1 fully saturated rings. The molecule has 1 heterocycles. The van der Waals surface area contributed by atoms with Gasteiger partial charge in [-0.25, -0.2) is 4.79 Å². The first-order valence-corrected chi connectivity index (χ1v) is 5.47. The van der Waals surface area contributed by atoms with Crippen molar-refractivity contribution in [1.82, 2.24) is 5.32 Å². The second-order valence-corrected chi connectivity index (χ2v) is 3.93. The first kappa shape index (κ1) is 11.7. The van der Waals surface area contributed by atoms with Crippen LogP contribution < -0.4 is 5.32 Å². The molecule has 4 nitrogen and oxygen atoms in total. The number of benzene rings is 1. The zero-order valence-corrected chi connectivity index (χ0v) is 9.66. The van der Waals surface area contributed by atoms with Gasteiger partial charge in [0.05, 0.1) is 0 Å². The minimum atomic E-state index is -0.501. The molecule has 88 valence electrons. The number of hydrogen-bond acceptors (Lipinski definition) is 4. The number of hydrogen-bond donors (Lipinski definition) is 1. The summed E-state index contributed by atoms with van der Waals surface area (Å²) >= 11 is 5.72. The Bertz CT molecular complexity index is 479. The summed E-state index contributed by atoms with van der Waals surface area (Å²) in [6, 6.07) is 6.46. The summed E-state index contributed by atoms with van der Waals surface area (Å²) in [7, 11) is 0. The molecule has 0 unspecified atom stereocenters. The monoisotopic (exact) mass is 251 g/mol. The van der Waals surface area contributed by atoms with Gasteiger partial charge in [0.15, 0.2) is 5.78 Å². The van der Waals surface area contributed by atoms with Gasteiger partial charge in [-0.05, 0) is 24.3 Å². The lowest BCUT2D eigenvalue weighted by Gasteiger charge is -2.15. The summed E-state index contributed by atoms with van der Waals surface area (Å²) < 4.78 is 4.80. The van der Waals surface area contributed by atoms with Crippen LogP contribution in [0, 0.1) is 0 Å². The van der Waals surface area contributed by atoms with Gasteiger partial charge in [-0.3, -0.25) is 4.79 Å². The standard InChI is InChI=1S/C12H10ClNO3/c13-9-3-1-8(2-4-9)11(15)7-10-12(16)17-6-5-14-10/h1-4,7,14H,5-6H2/b10-7-. The fourth-order valence-corrected chi connectivity index (χ4v) is 1.54. The third kappa shape index (κ3) is 2.85. The number of rotatable bonds is 2. The van der Waals surface area contributed by atoms with Crippen molar-refractivity contribution in [2.24, 2.45) is 0 Å². The smallest absolute Gasteiger partial charge is 0.354 e. The molecule has 2 rings (SSSR count). The van der Waals surface area contributed by atoms with E-state index in [0.29, 0.717) is 23.7 Å². The number of esters is 1. The molecule has 17 heavy (non-hydrogen) atoms. The number of nitrogens with one attached hydrogen (secondary N) is 1. The highest BCUT2D eigenvalue weighted by molar-refractivity contribution is 6.30. The molecule has 1 aromatic carbocycles. The second kappa shape index (κ2) is 5.01. The molecule has 1 aliphatic rings. The Morgan fingerprint density at radius 1 is 1.35 bits per heavy atom. The first-order chi connectivity index (χ1) is 8.16. The summed E-state index contributed by atoms with van der Waals surface area (Å²) in [5.41, 5.74) is 0.665. The number of carbonyl (C=O) groups is 2. The van der Waals surface area contributed by atoms with Crippen LogP contribution >= 0.6 is 11.6 Å². The average Bonchev–Trinajstić information content (AvgIpc) is 2.33. The van der Waals surface area contributed by atoms with Crippen molar-refractivity contribution < 1.29 is 14.3 Å². The highest BCUT2D eigenvalue weighted by atomic mass is 35.5. The molecule has 1 N–H and O–H groups in total. The Morgan fingerprint density at radius 2 is 2.06 bits per heavy atom. The van der Waals surface area contributed by atoms with Crippen molar-refractivity contribution in [3.05, 3.63) is 46.6 Å². The zero-order chi connectivity index (χ0) is 12.3. The summed E-state index contributed by atoms with van der Waals surface area (Å²) in [6.07, 6.45) is 1.24. The van der Waals surface area contributed by atoms with E-state index in [1.54, 1.807) is 24.3 Å². The Labute approximate surface area is 103 Å². The fourth-order valence-electron chi connectivity index (χ4n) is 1.42. The van der Waals surface area contributed by atoms with Gasteiger partial charge in [-0.15, -0.1) is 0 Å². The van der Waals surface area contributed by atoms with Crippen LogP contribution in [0.25, 0.3) is 0 Å². The SMILES string of the molecule is O=C1OCCN/C1=C\C(=O)c1ccc(Cl)cc1. The van der Waals surface area contributed by atoms with E-state index in [-0.39, 0.29) is 11.5 Å². The van der Waals surface area contributed by atoms with E-state index in [4.69, 9.17) is 16.3 Å². The van der Waals surface area contributed by atoms with Gasteiger partial charge in [0.1, 0.15) is 12.3 Å². The van der Waals surface area contributed by atoms with Gasteiger partial charge < -0.3 is 10.1 Å². The Morgan fingerprint density at radius 3 is 2.71 bits per heavy atom. The van der Waals surface area contributed by atoms with Crippen LogP contribution in [0.1, 0.15) is 10.4 Å². The van der Waals surface area contributed by atoms with Crippen molar-refractivity contribution in [2.45, 2.75) is 0 Å². The van der Waals surface area contributed by atoms with E-state index in [0.717, 1.165) is 0 Å². The third-order valence-electron chi connectivity index (χ3n) is 2.27. The van der Waals surface area contributed by atoms with Crippen LogP contribution in [-0.4, -0.2) is 24.9 Å². The van der Waals surface area contributed by atoms with Crippen LogP contribution in [0.4, 0.5) is 0 Å². The number of ether oxygens (including phenoxy) is 1. The molecule has 0 spiro atoms. The summed E-state index contributed by atoms with van der Waals surface area (Å²) in [4.78, 5) is 23.1. The van der Waals surface area contributed by atoms with Crippen LogP contribution in [0.5, 0.6) is 0 Å². The predicted octanol–water partition coefficient (Wildman–Crippen LogP) is 1.55. The van der Waals surface area contributed by atoms with Crippen molar-refractivity contribution >= 4 is 23.4 Å². The largest absolute Gasteiger partial charge is 0.459 e. The molecule has 5 heteroatoms. The number of allylic oxidation sites excluding steroid dienone is 1. The quantitative estimate of drug-likeness (QED) is 0.492. The molecule has 0 aliphatic carbocycles. The maximum absolute atomic E-state index is 11.8. The molecule has 0 aromatic heterocycles. The van der Waals surface area contributed by atoms with Gasteiger partial charge in [0.25, 0.3) is 0 Å². The number of cyclic esters (lactones) is 1. The van der Waals surface area contributed by atoms with Crippen molar-refractivity contribution in [3.8, 4) is 0 Å². The maximum Gasteiger partial charge on any atom is 0.354 e. The lowest BCUT2D eigenvalue weighted by Crippen LogP contribution is -2.33. The summed E-state index contributed by atoms with van der Waals surface area (Å²) in [5.74, 6) is -0.762. The van der Waals surface area contributed by atoms with Crippen LogP contribution in [0.2, 0.25) is 5.02 Å². The Hall–Kier alpha value is -1.81. The van der Waals surface area contributed by atoms with E-state index in [2.05, 4.69) is 5.32 Å². The number of halogens is 1. The summed E-state index contributed by atoms with van der Waals surface area (Å²) in [6.45, 7) is 0.844. The molecule has 1 aliphatic heterocycles. The first-order valence-electron chi connectivity index (χ1n) is 5.09. The van der Waals surface area contributed by atoms with Gasteiger partial charge in [0, 0.05) is 23.2 Å². The van der Waals surface area contributed by atoms with Gasteiger partial charge >= 0.3 is 5.97 Å². The van der Waals surface area contributed by atoms with E-state index in [1.165, 1.54) is 6.08 Å². The number of ketones is 1. The molecule has 0 radical (unpaired) electrons. The molecular formula is C12H10ClNO3. The highest BCUT2D eigenvalue weighted by Crippen LogP contribution is 2.11. The fraction of sp³-hybridized carbons (Fsp3) is 0.167. The summed E-state index contributed by atoms with van der Waals surface area (Å²) in [5, 5.41) is 3.38. The molecule has 0 atom stereocenters. The van der Waals surface area contributed by atoms with Gasteiger partial charge in [-0.1, -0.05) is 11.6 Å². The van der Waals surface area contributed by atoms with E-state index >= 15 is 0 Å². The molecule has 0 amide bonds. The number of carbonyl (C=O) groups excluding carboxylic acids is 2. The van der Waals surface area contributed by atoms with Crippen molar-refractivity contribution in [3.63, 3.8) is 0 Å². The second-order valence-electron chi connectivity index (χ2n) is 3.49. The zero-order valence-electron chi connectivity index (χ0n) is 8.90. The molecule has 0 bridgehead atoms. The van der Waals surface area contributed by atoms with Gasteiger partial charge in [0.2, 0.25) is 0 Å². The molecule has 1 aromatic rings.